The molecule has 12 nitrogen and oxygen atoms in total. The topological polar surface area (TPSA) is 135 Å². The van der Waals surface area contributed by atoms with Gasteiger partial charge in [-0.2, -0.15) is 0 Å². The number of aromatic nitrogens is 3. The molecule has 2 N–H and O–H groups in total. The number of rotatable bonds is 13. The first-order valence-electron chi connectivity index (χ1n) is 12.6. The summed E-state index contributed by atoms with van der Waals surface area (Å²) in [5.41, 5.74) is 1.59. The summed E-state index contributed by atoms with van der Waals surface area (Å²) in [6, 6.07) is 17.2. The Morgan fingerprint density at radius 3 is 2.10 bits per heavy atom. The maximum atomic E-state index is 13.0. The van der Waals surface area contributed by atoms with Gasteiger partial charge in [0, 0.05) is 17.3 Å². The van der Waals surface area contributed by atoms with Crippen molar-refractivity contribution in [2.45, 2.75) is 11.7 Å². The second-order valence-electron chi connectivity index (χ2n) is 8.59. The highest BCUT2D eigenvalue weighted by atomic mass is 32.2. The van der Waals surface area contributed by atoms with Gasteiger partial charge in [-0.15, -0.1) is 10.2 Å². The zero-order valence-electron chi connectivity index (χ0n) is 23.8. The van der Waals surface area contributed by atoms with Crippen LogP contribution in [0.15, 0.2) is 65.8 Å². The number of nitrogens with one attached hydrogen (secondary N) is 2. The van der Waals surface area contributed by atoms with Crippen molar-refractivity contribution in [3.05, 3.63) is 72.1 Å². The van der Waals surface area contributed by atoms with E-state index in [0.29, 0.717) is 56.7 Å². The lowest BCUT2D eigenvalue weighted by Crippen LogP contribution is -2.25. The summed E-state index contributed by atoms with van der Waals surface area (Å²) in [7, 11) is 7.70. The summed E-state index contributed by atoms with van der Waals surface area (Å²) in [4.78, 5) is 25.8. The van der Waals surface area contributed by atoms with Gasteiger partial charge in [0.05, 0.1) is 53.5 Å². The third-order valence-corrected chi connectivity index (χ3v) is 7.02. The molecule has 3 aromatic carbocycles. The molecule has 1 aromatic heterocycles. The second-order valence-corrected chi connectivity index (χ2v) is 9.53. The molecule has 0 unspecified atom stereocenters. The van der Waals surface area contributed by atoms with E-state index in [1.165, 1.54) is 26.0 Å². The van der Waals surface area contributed by atoms with E-state index in [0.717, 1.165) is 0 Å². The molecule has 13 heteroatoms. The quantitative estimate of drug-likeness (QED) is 0.219. The summed E-state index contributed by atoms with van der Waals surface area (Å²) < 4.78 is 28.5. The highest BCUT2D eigenvalue weighted by Gasteiger charge is 2.21. The molecule has 0 saturated carbocycles. The largest absolute Gasteiger partial charge is 0.497 e. The average molecular weight is 594 g/mol. The first-order valence-corrected chi connectivity index (χ1v) is 13.6. The summed E-state index contributed by atoms with van der Waals surface area (Å²) >= 11 is 1.18. The van der Waals surface area contributed by atoms with Gasteiger partial charge in [-0.25, -0.2) is 0 Å². The summed E-state index contributed by atoms with van der Waals surface area (Å²) in [6.07, 6.45) is 0. The molecule has 2 amide bonds. The lowest BCUT2D eigenvalue weighted by Gasteiger charge is -2.15. The van der Waals surface area contributed by atoms with E-state index in [2.05, 4.69) is 20.8 Å². The predicted molar refractivity (Wildman–Crippen MR) is 158 cm³/mol. The van der Waals surface area contributed by atoms with Crippen molar-refractivity contribution in [2.75, 3.05) is 46.6 Å². The van der Waals surface area contributed by atoms with Gasteiger partial charge in [-0.1, -0.05) is 11.8 Å². The first-order chi connectivity index (χ1) is 20.4. The molecule has 4 aromatic rings. The number of methoxy groups -OCH3 is 5. The fourth-order valence-electron chi connectivity index (χ4n) is 3.96. The summed E-state index contributed by atoms with van der Waals surface area (Å²) in [5, 5.41) is 14.8. The van der Waals surface area contributed by atoms with Crippen LogP contribution in [0.25, 0.3) is 5.69 Å². The van der Waals surface area contributed by atoms with Gasteiger partial charge in [0.2, 0.25) is 5.91 Å². The van der Waals surface area contributed by atoms with Crippen molar-refractivity contribution in [1.29, 1.82) is 0 Å². The standard InChI is InChI=1S/C29H31N5O7S/c1-37-20-9-7-19(8-10-20)31-27(35)17-42-29-33-32-26(34(29)22-15-21(38-2)11-13-23(22)39-3)16-30-28(36)18-6-12-24(40-4)25(14-18)41-5/h6-15H,16-17H2,1-5H3,(H,30,36)(H,31,35). The van der Waals surface area contributed by atoms with Gasteiger partial charge in [0.1, 0.15) is 17.2 Å². The van der Waals surface area contributed by atoms with Crippen LogP contribution in [0.4, 0.5) is 5.69 Å². The van der Waals surface area contributed by atoms with E-state index >= 15 is 0 Å². The maximum absolute atomic E-state index is 13.0. The Bertz CT molecular complexity index is 1540. The number of ether oxygens (including phenoxy) is 5. The van der Waals surface area contributed by atoms with E-state index in [-0.39, 0.29) is 24.1 Å². The Balaban J connectivity index is 1.57. The normalized spacial score (nSPS) is 10.5. The van der Waals surface area contributed by atoms with Gasteiger partial charge in [0.25, 0.3) is 5.91 Å². The molecule has 0 aliphatic rings. The zero-order valence-corrected chi connectivity index (χ0v) is 24.6. The van der Waals surface area contributed by atoms with Crippen molar-refractivity contribution in [3.8, 4) is 34.4 Å². The molecule has 4 rings (SSSR count). The molecule has 1 heterocycles. The molecule has 0 spiro atoms. The first kappa shape index (κ1) is 30.1. The molecular formula is C29H31N5O7S. The number of amides is 2. The predicted octanol–water partition coefficient (Wildman–Crippen LogP) is 3.97. The minimum atomic E-state index is -0.351. The van der Waals surface area contributed by atoms with Gasteiger partial charge in [0.15, 0.2) is 22.5 Å². The van der Waals surface area contributed by atoms with E-state index in [4.69, 9.17) is 23.7 Å². The Labute approximate surface area is 247 Å². The Morgan fingerprint density at radius 1 is 0.762 bits per heavy atom. The number of benzene rings is 3. The van der Waals surface area contributed by atoms with Crippen LogP contribution in [0.2, 0.25) is 0 Å². The number of nitrogens with zero attached hydrogens (tertiary/aromatic N) is 3. The fourth-order valence-corrected chi connectivity index (χ4v) is 4.73. The number of carbonyl (C=O) groups excluding carboxylic acids is 2. The van der Waals surface area contributed by atoms with Crippen LogP contribution >= 0.6 is 11.8 Å². The monoisotopic (exact) mass is 593 g/mol. The molecule has 0 aliphatic heterocycles. The highest BCUT2D eigenvalue weighted by Crippen LogP contribution is 2.32. The van der Waals surface area contributed by atoms with Crippen LogP contribution in [0.3, 0.4) is 0 Å². The van der Waals surface area contributed by atoms with Crippen molar-refractivity contribution in [3.63, 3.8) is 0 Å². The third kappa shape index (κ3) is 7.04. The molecule has 0 saturated heterocycles. The number of carbonyl (C=O) groups is 2. The SMILES string of the molecule is COc1ccc(NC(=O)CSc2nnc(CNC(=O)c3ccc(OC)c(OC)c3)n2-c2cc(OC)ccc2OC)cc1. The van der Waals surface area contributed by atoms with Crippen LogP contribution in [-0.4, -0.2) is 67.9 Å². The highest BCUT2D eigenvalue weighted by molar-refractivity contribution is 7.99. The summed E-state index contributed by atoms with van der Waals surface area (Å²) in [5.74, 6) is 2.60. The molecule has 0 atom stereocenters. The van der Waals surface area contributed by atoms with Gasteiger partial charge >= 0.3 is 0 Å². The number of anilines is 1. The zero-order chi connectivity index (χ0) is 30.1. The van der Waals surface area contributed by atoms with E-state index in [9.17, 15) is 9.59 Å². The third-order valence-electron chi connectivity index (χ3n) is 6.09. The van der Waals surface area contributed by atoms with E-state index < -0.39 is 0 Å². The number of hydrogen-bond acceptors (Lipinski definition) is 10. The van der Waals surface area contributed by atoms with Gasteiger partial charge < -0.3 is 34.3 Å². The molecule has 0 fully saturated rings. The maximum Gasteiger partial charge on any atom is 0.251 e. The second kappa shape index (κ2) is 14.1. The van der Waals surface area contributed by atoms with Crippen molar-refractivity contribution >= 4 is 29.3 Å². The fraction of sp³-hybridized carbons (Fsp3) is 0.241. The van der Waals surface area contributed by atoms with Crippen LogP contribution in [0.1, 0.15) is 16.2 Å². The number of hydrogen-bond donors (Lipinski definition) is 2. The average Bonchev–Trinajstić information content (AvgIpc) is 3.44. The van der Waals surface area contributed by atoms with Crippen LogP contribution in [0.5, 0.6) is 28.7 Å². The minimum absolute atomic E-state index is 0.0269. The Hall–Kier alpha value is -4.91. The molecule has 0 radical (unpaired) electrons. The van der Waals surface area contributed by atoms with Crippen LogP contribution in [0, 0.1) is 0 Å². The van der Waals surface area contributed by atoms with Crippen molar-refractivity contribution in [2.24, 2.45) is 0 Å². The van der Waals surface area contributed by atoms with Crippen molar-refractivity contribution in [1.82, 2.24) is 20.1 Å². The lowest BCUT2D eigenvalue weighted by atomic mass is 10.2. The smallest absolute Gasteiger partial charge is 0.251 e. The van der Waals surface area contributed by atoms with Crippen LogP contribution in [-0.2, 0) is 11.3 Å². The molecule has 220 valence electrons. The lowest BCUT2D eigenvalue weighted by molar-refractivity contribution is -0.113. The van der Waals surface area contributed by atoms with Crippen LogP contribution < -0.4 is 34.3 Å². The number of thioether (sulfide) groups is 1. The Kier molecular flexibility index (Phi) is 10.1. The molecular weight excluding hydrogens is 562 g/mol. The van der Waals surface area contributed by atoms with Gasteiger partial charge in [-0.3, -0.25) is 14.2 Å². The van der Waals surface area contributed by atoms with Gasteiger partial charge in [-0.05, 0) is 54.6 Å². The summed E-state index contributed by atoms with van der Waals surface area (Å²) in [6.45, 7) is 0.0269. The van der Waals surface area contributed by atoms with Crippen molar-refractivity contribution < 1.29 is 33.3 Å². The molecule has 0 bridgehead atoms. The minimum Gasteiger partial charge on any atom is -0.497 e. The van der Waals surface area contributed by atoms with E-state index in [1.807, 2.05) is 0 Å². The molecule has 42 heavy (non-hydrogen) atoms. The molecule has 0 aliphatic carbocycles. The van der Waals surface area contributed by atoms with E-state index in [1.54, 1.807) is 86.6 Å². The Morgan fingerprint density at radius 2 is 1.43 bits per heavy atom.